The Kier molecular flexibility index (Phi) is 9.30. The lowest BCUT2D eigenvalue weighted by atomic mass is 10.1. The number of rotatable bonds is 7. The Hall–Kier alpha value is -2.08. The molecule has 1 fully saturated rings. The van der Waals surface area contributed by atoms with E-state index in [1.54, 1.807) is 11.8 Å². The number of thioether (sulfide) groups is 1. The summed E-state index contributed by atoms with van der Waals surface area (Å²) < 4.78 is 6.22. The maximum absolute atomic E-state index is 12.0. The van der Waals surface area contributed by atoms with E-state index < -0.39 is 0 Å². The van der Waals surface area contributed by atoms with Crippen molar-refractivity contribution in [2.24, 2.45) is 0 Å². The van der Waals surface area contributed by atoms with Crippen LogP contribution in [0.2, 0.25) is 0 Å². The lowest BCUT2D eigenvalue weighted by molar-refractivity contribution is -0.118. The smallest absolute Gasteiger partial charge is 0.264 e. The molecule has 0 bridgehead atoms. The van der Waals surface area contributed by atoms with E-state index in [1.165, 1.54) is 43.4 Å². The first-order chi connectivity index (χ1) is 14.3. The number of hydrogen-bond donors (Lipinski definition) is 1. The molecule has 0 unspecified atom stereocenters. The maximum atomic E-state index is 12.0. The number of amides is 1. The summed E-state index contributed by atoms with van der Waals surface area (Å²) in [5, 5.41) is 11.3. The number of aromatic nitrogens is 2. The standard InChI is InChI=1S/C21H26N4O2S2/c26-19(17-27-18-11-5-4-6-12-18)22-20-23-24-21(29-20)28-16-10-9-15-25-13-7-2-1-3-8-14-25/h4-6,11-12H,1-3,7-8,13-17H2,(H,22,23,26). The van der Waals surface area contributed by atoms with Gasteiger partial charge in [0.25, 0.3) is 5.91 Å². The normalized spacial score (nSPS) is 14.9. The Bertz CT molecular complexity index is 809. The van der Waals surface area contributed by atoms with Crippen LogP contribution in [0.1, 0.15) is 32.1 Å². The van der Waals surface area contributed by atoms with Crippen molar-refractivity contribution in [3.63, 3.8) is 0 Å². The molecule has 0 spiro atoms. The molecule has 8 heteroatoms. The zero-order valence-corrected chi connectivity index (χ0v) is 18.1. The van der Waals surface area contributed by atoms with Crippen LogP contribution in [0, 0.1) is 11.8 Å². The summed E-state index contributed by atoms with van der Waals surface area (Å²) in [7, 11) is 0. The summed E-state index contributed by atoms with van der Waals surface area (Å²) in [4.78, 5) is 14.4. The molecule has 0 saturated carbocycles. The lowest BCUT2D eigenvalue weighted by Crippen LogP contribution is -2.27. The van der Waals surface area contributed by atoms with E-state index in [1.807, 2.05) is 30.3 Å². The molecule has 1 aliphatic heterocycles. The van der Waals surface area contributed by atoms with Gasteiger partial charge >= 0.3 is 0 Å². The quantitative estimate of drug-likeness (QED) is 0.408. The number of likely N-dealkylation sites (tertiary alicyclic amines) is 1. The van der Waals surface area contributed by atoms with Crippen molar-refractivity contribution in [1.29, 1.82) is 0 Å². The Balaban J connectivity index is 1.34. The number of benzene rings is 1. The average Bonchev–Trinajstić information content (AvgIpc) is 3.15. The first kappa shape index (κ1) is 21.6. The van der Waals surface area contributed by atoms with Crippen LogP contribution >= 0.6 is 23.1 Å². The van der Waals surface area contributed by atoms with Crippen molar-refractivity contribution in [1.82, 2.24) is 15.1 Å². The van der Waals surface area contributed by atoms with Crippen LogP contribution < -0.4 is 10.1 Å². The van der Waals surface area contributed by atoms with E-state index in [4.69, 9.17) is 4.74 Å². The van der Waals surface area contributed by atoms with E-state index >= 15 is 0 Å². The topological polar surface area (TPSA) is 67.3 Å². The summed E-state index contributed by atoms with van der Waals surface area (Å²) in [6, 6.07) is 9.23. The fraction of sp³-hybridized carbons (Fsp3) is 0.476. The monoisotopic (exact) mass is 430 g/mol. The van der Waals surface area contributed by atoms with Crippen LogP contribution in [-0.4, -0.2) is 53.0 Å². The van der Waals surface area contributed by atoms with Gasteiger partial charge in [0.2, 0.25) is 5.13 Å². The molecule has 6 nitrogen and oxygen atoms in total. The van der Waals surface area contributed by atoms with Crippen LogP contribution in [0.25, 0.3) is 0 Å². The summed E-state index contributed by atoms with van der Waals surface area (Å²) >= 11 is 2.89. The fourth-order valence-electron chi connectivity index (χ4n) is 2.93. The van der Waals surface area contributed by atoms with E-state index in [2.05, 4.69) is 32.3 Å². The average molecular weight is 431 g/mol. The predicted molar refractivity (Wildman–Crippen MR) is 119 cm³/mol. The molecule has 1 aromatic carbocycles. The summed E-state index contributed by atoms with van der Waals surface area (Å²) in [6.07, 6.45) is 6.63. The third kappa shape index (κ3) is 8.44. The first-order valence-corrected chi connectivity index (χ1v) is 11.7. The molecular formula is C21H26N4O2S2. The fourth-order valence-corrected chi connectivity index (χ4v) is 4.47. The molecule has 1 N–H and O–H groups in total. The second kappa shape index (κ2) is 12.5. The van der Waals surface area contributed by atoms with Crippen LogP contribution in [0.4, 0.5) is 5.13 Å². The van der Waals surface area contributed by atoms with Crippen molar-refractivity contribution in [3.05, 3.63) is 30.3 Å². The van der Waals surface area contributed by atoms with Gasteiger partial charge in [-0.05, 0) is 38.1 Å². The number of para-hydroxylation sites is 1. The summed E-state index contributed by atoms with van der Waals surface area (Å²) in [5.74, 6) is 7.56. The van der Waals surface area contributed by atoms with Gasteiger partial charge in [0.15, 0.2) is 10.9 Å². The summed E-state index contributed by atoms with van der Waals surface area (Å²) in [6.45, 7) is 3.11. The molecule has 1 aliphatic rings. The molecule has 1 saturated heterocycles. The zero-order valence-electron chi connectivity index (χ0n) is 16.4. The maximum Gasteiger partial charge on any atom is 0.264 e. The van der Waals surface area contributed by atoms with Gasteiger partial charge in [-0.1, -0.05) is 72.4 Å². The van der Waals surface area contributed by atoms with Crippen molar-refractivity contribution in [2.45, 2.75) is 36.4 Å². The number of carbonyl (C=O) groups is 1. The van der Waals surface area contributed by atoms with Crippen LogP contribution in [-0.2, 0) is 4.79 Å². The predicted octanol–water partition coefficient (Wildman–Crippen LogP) is 3.92. The van der Waals surface area contributed by atoms with Gasteiger partial charge in [-0.15, -0.1) is 10.2 Å². The van der Waals surface area contributed by atoms with Crippen LogP contribution in [0.5, 0.6) is 5.75 Å². The minimum absolute atomic E-state index is 0.0615. The van der Waals surface area contributed by atoms with Crippen molar-refractivity contribution in [2.75, 3.05) is 37.3 Å². The SMILES string of the molecule is O=C(COc1ccccc1)Nc1nnc(SCC#CCN2CCCCCCC2)s1. The second-order valence-electron chi connectivity index (χ2n) is 6.71. The molecule has 2 aromatic rings. The Labute approximate surface area is 180 Å². The van der Waals surface area contributed by atoms with Crippen molar-refractivity contribution in [3.8, 4) is 17.6 Å². The molecule has 1 amide bonds. The number of hydrogen-bond acceptors (Lipinski definition) is 7. The number of carbonyl (C=O) groups excluding carboxylic acids is 1. The van der Waals surface area contributed by atoms with Gasteiger partial charge in [-0.2, -0.15) is 0 Å². The van der Waals surface area contributed by atoms with Crippen molar-refractivity contribution >= 4 is 34.1 Å². The third-order valence-electron chi connectivity index (χ3n) is 4.41. The summed E-state index contributed by atoms with van der Waals surface area (Å²) in [5.41, 5.74) is 0. The van der Waals surface area contributed by atoms with Gasteiger partial charge in [0, 0.05) is 0 Å². The molecule has 0 radical (unpaired) electrons. The van der Waals surface area contributed by atoms with Gasteiger partial charge in [0.05, 0.1) is 12.3 Å². The van der Waals surface area contributed by atoms with E-state index in [-0.39, 0.29) is 12.5 Å². The molecular weight excluding hydrogens is 404 g/mol. The van der Waals surface area contributed by atoms with Crippen LogP contribution in [0.3, 0.4) is 0 Å². The first-order valence-electron chi connectivity index (χ1n) is 9.92. The van der Waals surface area contributed by atoms with Gasteiger partial charge in [0.1, 0.15) is 5.75 Å². The Morgan fingerprint density at radius 1 is 1.10 bits per heavy atom. The van der Waals surface area contributed by atoms with E-state index in [0.717, 1.165) is 24.0 Å². The highest BCUT2D eigenvalue weighted by molar-refractivity contribution is 8.01. The minimum Gasteiger partial charge on any atom is -0.484 e. The molecule has 2 heterocycles. The molecule has 29 heavy (non-hydrogen) atoms. The molecule has 0 atom stereocenters. The third-order valence-corrected chi connectivity index (χ3v) is 6.26. The Morgan fingerprint density at radius 3 is 2.66 bits per heavy atom. The molecule has 0 aliphatic carbocycles. The lowest BCUT2D eigenvalue weighted by Gasteiger charge is -2.21. The minimum atomic E-state index is -0.255. The molecule has 1 aromatic heterocycles. The van der Waals surface area contributed by atoms with Gasteiger partial charge in [-0.25, -0.2) is 0 Å². The zero-order chi connectivity index (χ0) is 20.2. The van der Waals surface area contributed by atoms with E-state index in [0.29, 0.717) is 16.6 Å². The highest BCUT2D eigenvalue weighted by atomic mass is 32.2. The van der Waals surface area contributed by atoms with Crippen LogP contribution in [0.15, 0.2) is 34.7 Å². The van der Waals surface area contributed by atoms with Gasteiger partial charge in [-0.3, -0.25) is 15.0 Å². The number of nitrogens with one attached hydrogen (secondary N) is 1. The molecule has 3 rings (SSSR count). The largest absolute Gasteiger partial charge is 0.484 e. The number of nitrogens with zero attached hydrogens (tertiary/aromatic N) is 3. The number of ether oxygens (including phenoxy) is 1. The van der Waals surface area contributed by atoms with Gasteiger partial charge < -0.3 is 4.74 Å². The highest BCUT2D eigenvalue weighted by Crippen LogP contribution is 2.25. The second-order valence-corrected chi connectivity index (χ2v) is 8.91. The van der Waals surface area contributed by atoms with Crippen molar-refractivity contribution < 1.29 is 9.53 Å². The highest BCUT2D eigenvalue weighted by Gasteiger charge is 2.09. The number of anilines is 1. The molecule has 154 valence electrons. The van der Waals surface area contributed by atoms with E-state index in [9.17, 15) is 4.79 Å². The Morgan fingerprint density at radius 2 is 1.86 bits per heavy atom.